The number of nitrogens with two attached hydrogens (primary N) is 2. The number of carbonyl (C=O) groups excluding carboxylic acids is 8. The lowest BCUT2D eigenvalue weighted by molar-refractivity contribution is -0.197. The molecule has 8 aliphatic rings. The second-order valence-electron chi connectivity index (χ2n) is 25.8. The molecule has 10 rings (SSSR count). The first-order valence-electron chi connectivity index (χ1n) is 29.1. The Balaban J connectivity index is 0.000000291. The van der Waals surface area contributed by atoms with E-state index in [1.165, 1.54) is 55.6 Å². The van der Waals surface area contributed by atoms with Crippen LogP contribution in [0.5, 0.6) is 0 Å². The van der Waals surface area contributed by atoms with Gasteiger partial charge in [-0.1, -0.05) is 24.3 Å². The number of aliphatic imine (C=N–C) groups is 1. The minimum absolute atomic E-state index is 0.0464. The van der Waals surface area contributed by atoms with Crippen molar-refractivity contribution in [3.63, 3.8) is 0 Å². The number of thiocarbonyl (C=S) groups is 2. The third-order valence-corrected chi connectivity index (χ3v) is 18.3. The molecule has 2 aromatic rings. The molecule has 2 aromatic carbocycles. The first kappa shape index (κ1) is 68.4. The number of nitrogens with zero attached hydrogens (tertiary/aromatic N) is 1. The first-order valence-corrected chi connectivity index (χ1v) is 29.9. The van der Waals surface area contributed by atoms with Crippen molar-refractivity contribution in [2.45, 2.75) is 131 Å². The first-order chi connectivity index (χ1) is 39.7. The molecule has 8 saturated carbocycles. The molecule has 8 amide bonds. The van der Waals surface area contributed by atoms with Crippen molar-refractivity contribution in [1.82, 2.24) is 47.9 Å². The van der Waals surface area contributed by atoms with Gasteiger partial charge < -0.3 is 64.6 Å². The molecular weight excluding hydrogens is 1110 g/mol. The van der Waals surface area contributed by atoms with Crippen LogP contribution in [0.1, 0.15) is 130 Å². The summed E-state index contributed by atoms with van der Waals surface area (Å²) in [5.74, 6) is -0.502. The minimum Gasteiger partial charge on any atom is -0.366 e. The van der Waals surface area contributed by atoms with Crippen LogP contribution in [0.15, 0.2) is 53.5 Å². The molecule has 0 spiro atoms. The molecule has 0 heterocycles. The van der Waals surface area contributed by atoms with Gasteiger partial charge in [0, 0.05) is 107 Å². The van der Waals surface area contributed by atoms with E-state index in [1.54, 1.807) is 7.05 Å². The number of isothiocyanates is 1. The molecule has 21 nitrogen and oxygen atoms in total. The largest absolute Gasteiger partial charge is 0.366 e. The number of hydrogen-bond donors (Lipinski definition) is 12. The fourth-order valence-corrected chi connectivity index (χ4v) is 17.3. The van der Waals surface area contributed by atoms with Crippen LogP contribution in [0.25, 0.3) is 0 Å². The van der Waals surface area contributed by atoms with Crippen LogP contribution in [0, 0.1) is 43.3 Å². The van der Waals surface area contributed by atoms with Gasteiger partial charge in [0.1, 0.15) is 0 Å². The summed E-state index contributed by atoms with van der Waals surface area (Å²) in [5.41, 5.74) is 10.9. The predicted octanol–water partition coefficient (Wildman–Crippen LogP) is 3.96. The number of nitrogens with one attached hydrogen (secondary N) is 10. The molecule has 14 N–H and O–H groups in total. The molecule has 0 unspecified atom stereocenters. The highest BCUT2D eigenvalue weighted by atomic mass is 32.1. The van der Waals surface area contributed by atoms with Crippen molar-refractivity contribution < 1.29 is 38.4 Å². The van der Waals surface area contributed by atoms with Crippen LogP contribution in [0.4, 0.5) is 11.4 Å². The van der Waals surface area contributed by atoms with Gasteiger partial charge in [-0.3, -0.25) is 38.4 Å². The lowest BCUT2D eigenvalue weighted by atomic mass is 9.35. The van der Waals surface area contributed by atoms with Crippen LogP contribution in [0.3, 0.4) is 0 Å². The third kappa shape index (κ3) is 18.6. The number of anilines is 1. The number of amides is 8. The van der Waals surface area contributed by atoms with E-state index in [4.69, 9.17) is 12.2 Å². The molecule has 0 aliphatic heterocycles. The second kappa shape index (κ2) is 29.1. The summed E-state index contributed by atoms with van der Waals surface area (Å²) in [6, 6.07) is 15.0. The van der Waals surface area contributed by atoms with E-state index >= 15 is 0 Å². The van der Waals surface area contributed by atoms with Crippen LogP contribution in [-0.2, 0) is 51.2 Å². The molecule has 8 fully saturated rings. The van der Waals surface area contributed by atoms with Crippen molar-refractivity contribution in [2.75, 3.05) is 78.8 Å². The van der Waals surface area contributed by atoms with E-state index < -0.39 is 0 Å². The van der Waals surface area contributed by atoms with E-state index in [1.807, 2.05) is 48.5 Å². The maximum Gasteiger partial charge on any atom is 0.224 e. The van der Waals surface area contributed by atoms with E-state index in [-0.39, 0.29) is 103 Å². The number of benzene rings is 2. The Morgan fingerprint density at radius 3 is 0.857 bits per heavy atom. The highest BCUT2D eigenvalue weighted by molar-refractivity contribution is 7.80. The monoisotopic (exact) mass is 1200 g/mol. The molecule has 8 bridgehead atoms. The zero-order valence-electron chi connectivity index (χ0n) is 50.9. The summed E-state index contributed by atoms with van der Waals surface area (Å²) >= 11 is 9.79. The highest BCUT2D eigenvalue weighted by Crippen LogP contribution is 2.75. The normalized spacial score (nSPS) is 28.4. The van der Waals surface area contributed by atoms with Gasteiger partial charge in [-0.15, -0.1) is 0 Å². The van der Waals surface area contributed by atoms with Gasteiger partial charge in [0.25, 0.3) is 0 Å². The number of hydrogen-bond acceptors (Lipinski definition) is 13. The Kier molecular flexibility index (Phi) is 23.7. The van der Waals surface area contributed by atoms with Crippen molar-refractivity contribution in [3.05, 3.63) is 59.7 Å². The van der Waals surface area contributed by atoms with Gasteiger partial charge >= 0.3 is 0 Å². The summed E-state index contributed by atoms with van der Waals surface area (Å²) in [6.45, 7) is 13.6. The van der Waals surface area contributed by atoms with E-state index in [0.29, 0.717) is 63.2 Å². The van der Waals surface area contributed by atoms with Crippen LogP contribution in [-0.4, -0.2) is 131 Å². The van der Waals surface area contributed by atoms with Crippen LogP contribution in [0.2, 0.25) is 0 Å². The smallest absolute Gasteiger partial charge is 0.224 e. The van der Waals surface area contributed by atoms with Crippen molar-refractivity contribution in [3.8, 4) is 0 Å². The van der Waals surface area contributed by atoms with Crippen LogP contribution < -0.4 is 64.6 Å². The zero-order valence-corrected chi connectivity index (χ0v) is 52.5. The van der Waals surface area contributed by atoms with Crippen molar-refractivity contribution in [1.29, 1.82) is 0 Å². The Hall–Kier alpha value is -6.39. The minimum atomic E-state index is -0.198. The molecule has 0 atom stereocenters. The molecular formula is C61H93N13O8S2. The van der Waals surface area contributed by atoms with Gasteiger partial charge in [-0.05, 0) is 194 Å². The summed E-state index contributed by atoms with van der Waals surface area (Å²) in [4.78, 5) is 102. The molecule has 0 aromatic heterocycles. The van der Waals surface area contributed by atoms with Gasteiger partial charge in [-0.25, -0.2) is 0 Å². The summed E-state index contributed by atoms with van der Waals surface area (Å²) in [6.07, 6.45) is 11.2. The van der Waals surface area contributed by atoms with Crippen LogP contribution >= 0.6 is 24.4 Å². The van der Waals surface area contributed by atoms with Gasteiger partial charge in [0.15, 0.2) is 5.11 Å². The maximum absolute atomic E-state index is 13.2. The zero-order chi connectivity index (χ0) is 62.2. The average molecular weight is 1200 g/mol. The Morgan fingerprint density at radius 1 is 0.417 bits per heavy atom. The van der Waals surface area contributed by atoms with E-state index in [2.05, 4.69) is 87.0 Å². The quantitative estimate of drug-likeness (QED) is 0.0587. The molecule has 0 radical (unpaired) electrons. The van der Waals surface area contributed by atoms with Gasteiger partial charge in [0.05, 0.1) is 23.7 Å². The summed E-state index contributed by atoms with van der Waals surface area (Å²) in [7, 11) is 4.75. The molecule has 8 aliphatic carbocycles. The van der Waals surface area contributed by atoms with Gasteiger partial charge in [0.2, 0.25) is 47.3 Å². The Morgan fingerprint density at radius 2 is 0.643 bits per heavy atom. The Labute approximate surface area is 506 Å². The molecule has 462 valence electrons. The standard InChI is InChI=1S/C30H44N6O4S.C29H39N5O4S.2CH5N/c1-20(37)32-16-27-10-28(17-33-21(2)38)12-29(11-27,18-34-22(3)39)15-30(13-27,14-28)19-35-25(40)9-23-5-7-24(8-6-23)36-26(41)31-4;1-20(35)30-15-26-9-27(16-31-21(2)36)11-28(10-26,17-32-22(3)37)14-29(12-26,13-27)18-33-25(38)8-23-4-6-24(7-5-23)34-19-39;2*1-2/h5-8H,9-19H2,1-4H3,(H,32,37)(H,33,38)(H,34,39)(H,35,40)(H2,31,36,41);4-7H,8-18H2,1-3H3,(H,30,35)(H,31,36)(H,32,37)(H,33,38);2*2H2,1H3. The topological polar surface area (TPSA) is 321 Å². The fraction of sp³-hybridized carbons (Fsp3) is 0.639. The lowest BCUT2D eigenvalue weighted by Gasteiger charge is -2.71. The van der Waals surface area contributed by atoms with Crippen molar-refractivity contribution in [2.24, 2.45) is 59.8 Å². The fourth-order valence-electron chi connectivity index (χ4n) is 17.1. The predicted molar refractivity (Wildman–Crippen MR) is 333 cm³/mol. The number of rotatable bonds is 22. The van der Waals surface area contributed by atoms with E-state index in [9.17, 15) is 38.4 Å². The van der Waals surface area contributed by atoms with Crippen molar-refractivity contribution >= 4 is 93.3 Å². The Bertz CT molecular complexity index is 2590. The summed E-state index contributed by atoms with van der Waals surface area (Å²) in [5, 5.41) is 33.8. The van der Waals surface area contributed by atoms with Gasteiger partial charge in [-0.2, -0.15) is 4.99 Å². The average Bonchev–Trinajstić information content (AvgIpc) is 0.791. The second-order valence-corrected chi connectivity index (χ2v) is 26.3. The SMILES string of the molecule is CC(=O)NCC12CC3(CNC(C)=O)CC(CNC(C)=O)(C1)CC(CNC(=O)Cc1ccc(N=C=S)cc1)(C2)C3.CN.CN.CNC(=S)Nc1ccc(CC(=O)NCC23CC4(CNC(C)=O)CC(CNC(C)=O)(CC(CNC(C)=O)(C4)C2)C3)cc1. The lowest BCUT2D eigenvalue weighted by Crippen LogP contribution is -2.68. The maximum atomic E-state index is 13.2. The molecule has 0 saturated heterocycles. The highest BCUT2D eigenvalue weighted by Gasteiger charge is 2.69. The van der Waals surface area contributed by atoms with E-state index in [0.717, 1.165) is 93.9 Å². The summed E-state index contributed by atoms with van der Waals surface area (Å²) < 4.78 is 0. The molecule has 84 heavy (non-hydrogen) atoms. The molecule has 23 heteroatoms. The number of carbonyl (C=O) groups is 8. The third-order valence-electron chi connectivity index (χ3n) is 17.9.